The molecule has 9 heteroatoms. The maximum absolute atomic E-state index is 12.3. The van der Waals surface area contributed by atoms with E-state index in [4.69, 9.17) is 39.5 Å². The normalized spacial score (nSPS) is 13.8. The molecule has 0 radical (unpaired) electrons. The SMILES string of the molecule is O=C(OCC(Cl)(Cl)Cl)c1ccc2c3c(ccc(Br)c13)C(=O)OC2=O. The largest absolute Gasteiger partial charge is 0.458 e. The molecule has 1 aliphatic heterocycles. The van der Waals surface area contributed by atoms with Gasteiger partial charge in [-0.05, 0) is 24.3 Å². The highest BCUT2D eigenvalue weighted by Gasteiger charge is 2.31. The molecule has 124 valence electrons. The Bertz CT molecular complexity index is 884. The van der Waals surface area contributed by atoms with Crippen molar-refractivity contribution in [2.24, 2.45) is 0 Å². The van der Waals surface area contributed by atoms with Crippen molar-refractivity contribution in [2.75, 3.05) is 6.61 Å². The number of halogens is 4. The number of carbonyl (C=O) groups excluding carboxylic acids is 3. The average Bonchev–Trinajstić information content (AvgIpc) is 2.50. The fourth-order valence-corrected chi connectivity index (χ4v) is 3.09. The van der Waals surface area contributed by atoms with Gasteiger partial charge in [-0.2, -0.15) is 0 Å². The van der Waals surface area contributed by atoms with Gasteiger partial charge < -0.3 is 9.47 Å². The predicted octanol–water partition coefficient (Wildman–Crippen LogP) is 4.44. The number of alkyl halides is 3. The summed E-state index contributed by atoms with van der Waals surface area (Å²) in [6.07, 6.45) is 0. The van der Waals surface area contributed by atoms with Gasteiger partial charge in [0.25, 0.3) is 0 Å². The van der Waals surface area contributed by atoms with Crippen molar-refractivity contribution in [2.45, 2.75) is 3.79 Å². The Morgan fingerprint density at radius 2 is 1.62 bits per heavy atom. The molecule has 1 aliphatic rings. The van der Waals surface area contributed by atoms with E-state index in [-0.39, 0.29) is 16.7 Å². The molecule has 3 rings (SSSR count). The van der Waals surface area contributed by atoms with Crippen molar-refractivity contribution in [3.63, 3.8) is 0 Å². The third kappa shape index (κ3) is 3.11. The van der Waals surface area contributed by atoms with E-state index in [9.17, 15) is 14.4 Å². The number of esters is 3. The fourth-order valence-electron chi connectivity index (χ4n) is 2.38. The van der Waals surface area contributed by atoms with Crippen LogP contribution in [0.1, 0.15) is 31.1 Å². The highest BCUT2D eigenvalue weighted by atomic mass is 79.9. The lowest BCUT2D eigenvalue weighted by atomic mass is 9.94. The predicted molar refractivity (Wildman–Crippen MR) is 92.0 cm³/mol. The third-order valence-corrected chi connectivity index (χ3v) is 4.31. The van der Waals surface area contributed by atoms with E-state index in [1.807, 2.05) is 0 Å². The second-order valence-corrected chi connectivity index (χ2v) is 8.24. The van der Waals surface area contributed by atoms with E-state index < -0.39 is 28.3 Å². The van der Waals surface area contributed by atoms with E-state index in [0.717, 1.165) is 0 Å². The molecule has 0 aromatic heterocycles. The van der Waals surface area contributed by atoms with Crippen LogP contribution in [0.2, 0.25) is 0 Å². The molecule has 0 saturated heterocycles. The standard InChI is InChI=1S/C15H6BrCl3O5/c16-9-4-3-7-10-6(13(21)24-14(7)22)1-2-8(11(9)10)12(20)23-5-15(17,18)19/h1-4H,5H2. The Kier molecular flexibility index (Phi) is 4.51. The summed E-state index contributed by atoms with van der Waals surface area (Å²) in [5.41, 5.74) is 0.483. The molecule has 0 bridgehead atoms. The monoisotopic (exact) mass is 450 g/mol. The molecule has 0 unspecified atom stereocenters. The molecular formula is C15H6BrCl3O5. The van der Waals surface area contributed by atoms with Gasteiger partial charge in [-0.3, -0.25) is 0 Å². The van der Waals surface area contributed by atoms with Crippen molar-refractivity contribution in [1.29, 1.82) is 0 Å². The number of cyclic esters (lactones) is 2. The molecule has 0 atom stereocenters. The summed E-state index contributed by atoms with van der Waals surface area (Å²) in [7, 11) is 0. The molecular weight excluding hydrogens is 446 g/mol. The first-order valence-electron chi connectivity index (χ1n) is 6.44. The quantitative estimate of drug-likeness (QED) is 0.383. The summed E-state index contributed by atoms with van der Waals surface area (Å²) in [6.45, 7) is -0.446. The van der Waals surface area contributed by atoms with E-state index in [0.29, 0.717) is 15.2 Å². The summed E-state index contributed by atoms with van der Waals surface area (Å²) < 4.78 is 8.41. The summed E-state index contributed by atoms with van der Waals surface area (Å²) in [5, 5.41) is 0.665. The first-order valence-corrected chi connectivity index (χ1v) is 8.37. The average molecular weight is 452 g/mol. The van der Waals surface area contributed by atoms with E-state index >= 15 is 0 Å². The molecule has 0 spiro atoms. The van der Waals surface area contributed by atoms with Crippen LogP contribution >= 0.6 is 50.7 Å². The van der Waals surface area contributed by atoms with Crippen LogP contribution in [0.25, 0.3) is 10.8 Å². The topological polar surface area (TPSA) is 69.7 Å². The summed E-state index contributed by atoms with van der Waals surface area (Å²) in [6, 6.07) is 5.86. The van der Waals surface area contributed by atoms with Gasteiger partial charge in [0.2, 0.25) is 3.79 Å². The minimum Gasteiger partial charge on any atom is -0.458 e. The van der Waals surface area contributed by atoms with E-state index in [1.165, 1.54) is 18.2 Å². The van der Waals surface area contributed by atoms with Gasteiger partial charge >= 0.3 is 17.9 Å². The number of hydrogen-bond acceptors (Lipinski definition) is 5. The van der Waals surface area contributed by atoms with Gasteiger partial charge in [0, 0.05) is 15.2 Å². The Morgan fingerprint density at radius 3 is 2.21 bits per heavy atom. The molecule has 5 nitrogen and oxygen atoms in total. The number of carbonyl (C=O) groups is 3. The van der Waals surface area contributed by atoms with Crippen LogP contribution in [0.4, 0.5) is 0 Å². The van der Waals surface area contributed by atoms with Crippen LogP contribution in [0.3, 0.4) is 0 Å². The second-order valence-electron chi connectivity index (χ2n) is 4.87. The molecule has 24 heavy (non-hydrogen) atoms. The van der Waals surface area contributed by atoms with Crippen LogP contribution < -0.4 is 0 Å². The molecule has 0 amide bonds. The fraction of sp³-hybridized carbons (Fsp3) is 0.133. The molecule has 0 N–H and O–H groups in total. The summed E-state index contributed by atoms with van der Waals surface area (Å²) >= 11 is 20.0. The van der Waals surface area contributed by atoms with Crippen LogP contribution in [0, 0.1) is 0 Å². The maximum Gasteiger partial charge on any atom is 0.346 e. The van der Waals surface area contributed by atoms with Gasteiger partial charge in [-0.25, -0.2) is 14.4 Å². The Balaban J connectivity index is 2.19. The first-order chi connectivity index (χ1) is 11.2. The van der Waals surface area contributed by atoms with Crippen molar-refractivity contribution in [3.8, 4) is 0 Å². The lowest BCUT2D eigenvalue weighted by Crippen LogP contribution is -2.21. The Morgan fingerprint density at radius 1 is 1.04 bits per heavy atom. The van der Waals surface area contributed by atoms with Gasteiger partial charge in [0.05, 0.1) is 16.7 Å². The Hall–Kier alpha value is -1.34. The van der Waals surface area contributed by atoms with Crippen molar-refractivity contribution >= 4 is 79.4 Å². The zero-order valence-electron chi connectivity index (χ0n) is 11.6. The van der Waals surface area contributed by atoms with Crippen molar-refractivity contribution < 1.29 is 23.9 Å². The molecule has 1 heterocycles. The van der Waals surface area contributed by atoms with Gasteiger partial charge in [-0.15, -0.1) is 0 Å². The number of benzene rings is 2. The Labute approximate surface area is 158 Å². The second kappa shape index (κ2) is 6.19. The summed E-state index contributed by atoms with van der Waals surface area (Å²) in [5.74, 6) is -2.31. The molecule has 2 aromatic rings. The minimum atomic E-state index is -1.75. The highest BCUT2D eigenvalue weighted by Crippen LogP contribution is 2.36. The van der Waals surface area contributed by atoms with Crippen LogP contribution in [0.5, 0.6) is 0 Å². The van der Waals surface area contributed by atoms with Crippen LogP contribution in [0.15, 0.2) is 28.7 Å². The zero-order chi connectivity index (χ0) is 17.6. The third-order valence-electron chi connectivity index (χ3n) is 3.32. The lowest BCUT2D eigenvalue weighted by molar-refractivity contribution is 0.0389. The highest BCUT2D eigenvalue weighted by molar-refractivity contribution is 9.10. The van der Waals surface area contributed by atoms with Crippen LogP contribution in [-0.2, 0) is 9.47 Å². The van der Waals surface area contributed by atoms with E-state index in [1.54, 1.807) is 6.07 Å². The lowest BCUT2D eigenvalue weighted by Gasteiger charge is -2.18. The van der Waals surface area contributed by atoms with Gasteiger partial charge in [0.1, 0.15) is 6.61 Å². The number of ether oxygens (including phenoxy) is 2. The van der Waals surface area contributed by atoms with Crippen molar-refractivity contribution in [3.05, 3.63) is 45.4 Å². The zero-order valence-corrected chi connectivity index (χ0v) is 15.4. The molecule has 0 aliphatic carbocycles. The first kappa shape index (κ1) is 17.5. The molecule has 0 fully saturated rings. The summed E-state index contributed by atoms with van der Waals surface area (Å²) in [4.78, 5) is 36.1. The van der Waals surface area contributed by atoms with Crippen LogP contribution in [-0.4, -0.2) is 28.3 Å². The van der Waals surface area contributed by atoms with Crippen molar-refractivity contribution in [1.82, 2.24) is 0 Å². The smallest absolute Gasteiger partial charge is 0.346 e. The number of hydrogen-bond donors (Lipinski definition) is 0. The molecule has 2 aromatic carbocycles. The minimum absolute atomic E-state index is 0.124. The number of rotatable bonds is 2. The molecule has 0 saturated carbocycles. The van der Waals surface area contributed by atoms with Gasteiger partial charge in [0.15, 0.2) is 0 Å². The van der Waals surface area contributed by atoms with E-state index in [2.05, 4.69) is 20.7 Å². The maximum atomic E-state index is 12.3. The van der Waals surface area contributed by atoms with Gasteiger partial charge in [-0.1, -0.05) is 50.7 Å².